The van der Waals surface area contributed by atoms with E-state index in [-0.39, 0.29) is 6.04 Å². The van der Waals surface area contributed by atoms with Gasteiger partial charge in [0.15, 0.2) is 5.78 Å². The summed E-state index contributed by atoms with van der Waals surface area (Å²) in [5, 5.41) is 0. The largest absolute Gasteiger partial charge is 0.298 e. The molecule has 1 aromatic carbocycles. The minimum atomic E-state index is -0.00931. The molecule has 1 heterocycles. The van der Waals surface area contributed by atoms with Crippen LogP contribution in [-0.2, 0) is 4.79 Å². The highest BCUT2D eigenvalue weighted by atomic mass is 16.1. The van der Waals surface area contributed by atoms with Gasteiger partial charge in [0.1, 0.15) is 0 Å². The number of carbonyl (C=O) groups is 1. The molecule has 0 bridgehead atoms. The Balaban J connectivity index is 2.27. The second kappa shape index (κ2) is 3.93. The van der Waals surface area contributed by atoms with Gasteiger partial charge in [-0.1, -0.05) is 30.3 Å². The Morgan fingerprint density at radius 3 is 2.64 bits per heavy atom. The molecule has 1 aromatic rings. The predicted octanol–water partition coefficient (Wildman–Crippen LogP) is 2.02. The lowest BCUT2D eigenvalue weighted by atomic mass is 9.95. The zero-order chi connectivity index (χ0) is 9.97. The maximum Gasteiger partial charge on any atom is 0.154 e. The number of rotatable bonds is 1. The molecule has 74 valence electrons. The highest BCUT2D eigenvalue weighted by Gasteiger charge is 2.27. The Bertz CT molecular complexity index is 320. The Labute approximate surface area is 84.5 Å². The van der Waals surface area contributed by atoms with E-state index in [9.17, 15) is 4.79 Å². The zero-order valence-corrected chi connectivity index (χ0v) is 8.44. The van der Waals surface area contributed by atoms with Crippen molar-refractivity contribution in [2.75, 3.05) is 13.6 Å². The van der Waals surface area contributed by atoms with Crippen molar-refractivity contribution in [1.82, 2.24) is 4.90 Å². The number of likely N-dealkylation sites (N-methyl/N-ethyl adjacent to an activating group) is 1. The number of hydrogen-bond acceptors (Lipinski definition) is 2. The fourth-order valence-electron chi connectivity index (χ4n) is 2.09. The normalized spacial score (nSPS) is 23.8. The molecule has 0 N–H and O–H groups in total. The number of nitrogens with zero attached hydrogens (tertiary/aromatic N) is 1. The number of benzene rings is 1. The monoisotopic (exact) mass is 189 g/mol. The van der Waals surface area contributed by atoms with Crippen molar-refractivity contribution in [3.63, 3.8) is 0 Å². The lowest BCUT2D eigenvalue weighted by molar-refractivity contribution is -0.126. The van der Waals surface area contributed by atoms with Crippen molar-refractivity contribution in [2.45, 2.75) is 18.9 Å². The van der Waals surface area contributed by atoms with Crippen molar-refractivity contribution in [3.05, 3.63) is 35.9 Å². The van der Waals surface area contributed by atoms with Gasteiger partial charge in [-0.2, -0.15) is 0 Å². The molecular weight excluding hydrogens is 174 g/mol. The number of hydrogen-bond donors (Lipinski definition) is 0. The van der Waals surface area contributed by atoms with E-state index in [4.69, 9.17) is 0 Å². The summed E-state index contributed by atoms with van der Waals surface area (Å²) in [7, 11) is 2.02. The molecule has 1 aliphatic rings. The van der Waals surface area contributed by atoms with E-state index in [1.807, 2.05) is 37.4 Å². The second-order valence-electron chi connectivity index (χ2n) is 3.86. The fraction of sp³-hybridized carbons (Fsp3) is 0.417. The molecule has 2 rings (SSSR count). The lowest BCUT2D eigenvalue weighted by Crippen LogP contribution is -2.36. The first-order valence-electron chi connectivity index (χ1n) is 5.07. The van der Waals surface area contributed by atoms with Crippen LogP contribution in [-0.4, -0.2) is 24.3 Å². The summed E-state index contributed by atoms with van der Waals surface area (Å²) in [5.74, 6) is 0.352. The van der Waals surface area contributed by atoms with Crippen LogP contribution in [0.4, 0.5) is 0 Å². The summed E-state index contributed by atoms with van der Waals surface area (Å²) in [6.07, 6.45) is 1.72. The van der Waals surface area contributed by atoms with Gasteiger partial charge in [0.25, 0.3) is 0 Å². The van der Waals surface area contributed by atoms with Crippen LogP contribution < -0.4 is 0 Å². The van der Waals surface area contributed by atoms with Gasteiger partial charge in [0.05, 0.1) is 6.04 Å². The third-order valence-corrected chi connectivity index (χ3v) is 2.80. The number of piperidine rings is 1. The van der Waals surface area contributed by atoms with Crippen molar-refractivity contribution >= 4 is 5.78 Å². The quantitative estimate of drug-likeness (QED) is 0.673. The highest BCUT2D eigenvalue weighted by Crippen LogP contribution is 2.26. The van der Waals surface area contributed by atoms with Crippen LogP contribution in [0.25, 0.3) is 0 Å². The Morgan fingerprint density at radius 1 is 1.29 bits per heavy atom. The molecule has 14 heavy (non-hydrogen) atoms. The van der Waals surface area contributed by atoms with Crippen LogP contribution in [0.5, 0.6) is 0 Å². The van der Waals surface area contributed by atoms with Crippen LogP contribution in [0.15, 0.2) is 30.3 Å². The number of Topliss-reactive ketones (excluding diaryl/α,β-unsaturated/α-hetero) is 1. The summed E-state index contributed by atoms with van der Waals surface area (Å²) < 4.78 is 0. The first-order chi connectivity index (χ1) is 6.79. The Kier molecular flexibility index (Phi) is 2.64. The van der Waals surface area contributed by atoms with E-state index in [0.717, 1.165) is 24.9 Å². The SMILES string of the molecule is CN1CCCC(=O)[C@@H]1c1ccccc1. The van der Waals surface area contributed by atoms with Crippen molar-refractivity contribution in [1.29, 1.82) is 0 Å². The van der Waals surface area contributed by atoms with Crippen molar-refractivity contribution in [2.24, 2.45) is 0 Å². The topological polar surface area (TPSA) is 20.3 Å². The molecule has 0 unspecified atom stereocenters. The summed E-state index contributed by atoms with van der Waals surface area (Å²) in [6.45, 7) is 1.02. The molecule has 0 amide bonds. The fourth-order valence-corrected chi connectivity index (χ4v) is 2.09. The first kappa shape index (κ1) is 9.41. The van der Waals surface area contributed by atoms with E-state index in [1.165, 1.54) is 0 Å². The minimum absolute atomic E-state index is 0.00931. The zero-order valence-electron chi connectivity index (χ0n) is 8.44. The molecule has 1 fully saturated rings. The lowest BCUT2D eigenvalue weighted by Gasteiger charge is -2.31. The summed E-state index contributed by atoms with van der Waals surface area (Å²) in [4.78, 5) is 13.9. The van der Waals surface area contributed by atoms with Gasteiger partial charge >= 0.3 is 0 Å². The molecule has 1 aliphatic heterocycles. The smallest absolute Gasteiger partial charge is 0.154 e. The number of carbonyl (C=O) groups excluding carboxylic acids is 1. The number of likely N-dealkylation sites (tertiary alicyclic amines) is 1. The van der Waals surface area contributed by atoms with Crippen LogP contribution in [0.3, 0.4) is 0 Å². The molecule has 0 radical (unpaired) electrons. The van der Waals surface area contributed by atoms with Crippen molar-refractivity contribution in [3.8, 4) is 0 Å². The molecule has 0 aromatic heterocycles. The Morgan fingerprint density at radius 2 is 2.00 bits per heavy atom. The average Bonchev–Trinajstić information content (AvgIpc) is 2.19. The van der Waals surface area contributed by atoms with E-state index in [0.29, 0.717) is 5.78 Å². The van der Waals surface area contributed by atoms with Crippen LogP contribution in [0, 0.1) is 0 Å². The summed E-state index contributed by atoms with van der Waals surface area (Å²) >= 11 is 0. The number of ketones is 1. The van der Waals surface area contributed by atoms with E-state index >= 15 is 0 Å². The maximum absolute atomic E-state index is 11.8. The van der Waals surface area contributed by atoms with Crippen LogP contribution >= 0.6 is 0 Å². The van der Waals surface area contributed by atoms with Crippen LogP contribution in [0.1, 0.15) is 24.4 Å². The molecule has 2 nitrogen and oxygen atoms in total. The van der Waals surface area contributed by atoms with E-state index in [1.54, 1.807) is 0 Å². The van der Waals surface area contributed by atoms with E-state index < -0.39 is 0 Å². The van der Waals surface area contributed by atoms with Gasteiger partial charge in [0.2, 0.25) is 0 Å². The molecule has 1 atom stereocenters. The molecule has 0 aliphatic carbocycles. The van der Waals surface area contributed by atoms with Gasteiger partial charge in [-0.25, -0.2) is 0 Å². The third-order valence-electron chi connectivity index (χ3n) is 2.80. The van der Waals surface area contributed by atoms with E-state index in [2.05, 4.69) is 4.90 Å². The molecule has 0 saturated carbocycles. The average molecular weight is 189 g/mol. The maximum atomic E-state index is 11.8. The van der Waals surface area contributed by atoms with Gasteiger partial charge in [-0.05, 0) is 25.6 Å². The van der Waals surface area contributed by atoms with Gasteiger partial charge in [0, 0.05) is 6.42 Å². The first-order valence-corrected chi connectivity index (χ1v) is 5.07. The van der Waals surface area contributed by atoms with Crippen molar-refractivity contribution < 1.29 is 4.79 Å². The second-order valence-corrected chi connectivity index (χ2v) is 3.86. The highest BCUT2D eigenvalue weighted by molar-refractivity contribution is 5.85. The summed E-state index contributed by atoms with van der Waals surface area (Å²) in [5.41, 5.74) is 1.12. The summed E-state index contributed by atoms with van der Waals surface area (Å²) in [6, 6.07) is 10.0. The van der Waals surface area contributed by atoms with Gasteiger partial charge < -0.3 is 0 Å². The predicted molar refractivity (Wildman–Crippen MR) is 56.1 cm³/mol. The third kappa shape index (κ3) is 1.70. The standard InChI is InChI=1S/C12H15NO/c1-13-9-5-8-11(14)12(13)10-6-3-2-4-7-10/h2-4,6-7,12H,5,8-9H2,1H3/t12-/m0/s1. The molecule has 0 spiro atoms. The van der Waals surface area contributed by atoms with Gasteiger partial charge in [-0.15, -0.1) is 0 Å². The molecule has 1 saturated heterocycles. The minimum Gasteiger partial charge on any atom is -0.298 e. The van der Waals surface area contributed by atoms with Gasteiger partial charge in [-0.3, -0.25) is 9.69 Å². The molecular formula is C12H15NO. The van der Waals surface area contributed by atoms with Crippen LogP contribution in [0.2, 0.25) is 0 Å². The Hall–Kier alpha value is -1.15. The molecule has 2 heteroatoms.